The first kappa shape index (κ1) is 26.4. The van der Waals surface area contributed by atoms with E-state index in [9.17, 15) is 14.4 Å². The third kappa shape index (κ3) is 6.26. The minimum Gasteiger partial charge on any atom is -0.372 e. The molecule has 0 saturated carbocycles. The second-order valence-corrected chi connectivity index (χ2v) is 10.6. The Balaban J connectivity index is 1.17. The van der Waals surface area contributed by atoms with Crippen molar-refractivity contribution in [1.29, 1.82) is 0 Å². The number of hydrogen-bond donors (Lipinski definition) is 0. The molecule has 5 heteroatoms. The molecule has 1 fully saturated rings. The number of nitrogens with zero attached hydrogens (tertiary/aromatic N) is 2. The van der Waals surface area contributed by atoms with Crippen LogP contribution in [0.1, 0.15) is 67.7 Å². The average Bonchev–Trinajstić information content (AvgIpc) is 3.40. The molecule has 3 aromatic carbocycles. The smallest absolute Gasteiger partial charge is 0.193 e. The van der Waals surface area contributed by atoms with Gasteiger partial charge in [0.1, 0.15) is 0 Å². The molecule has 5 rings (SSSR count). The third-order valence-corrected chi connectivity index (χ3v) is 7.73. The van der Waals surface area contributed by atoms with Gasteiger partial charge in [0.05, 0.1) is 5.69 Å². The molecule has 4 aromatic rings. The van der Waals surface area contributed by atoms with E-state index in [2.05, 4.69) is 11.8 Å². The monoisotopic (exact) mass is 518 g/mol. The van der Waals surface area contributed by atoms with Crippen LogP contribution in [0.5, 0.6) is 0 Å². The number of carbonyl (C=O) groups excluding carboxylic acids is 3. The van der Waals surface area contributed by atoms with Crippen LogP contribution in [0.2, 0.25) is 0 Å². The summed E-state index contributed by atoms with van der Waals surface area (Å²) in [5.41, 5.74) is 5.42. The molecule has 1 aromatic heterocycles. The van der Waals surface area contributed by atoms with Crippen molar-refractivity contribution in [2.45, 2.75) is 32.6 Å². The fourth-order valence-electron chi connectivity index (χ4n) is 5.15. The van der Waals surface area contributed by atoms with E-state index < -0.39 is 0 Å². The zero-order valence-electron chi connectivity index (χ0n) is 22.6. The maximum absolute atomic E-state index is 13.0. The number of benzene rings is 3. The van der Waals surface area contributed by atoms with Crippen LogP contribution in [-0.4, -0.2) is 35.0 Å². The summed E-state index contributed by atoms with van der Waals surface area (Å²) in [6.07, 6.45) is 4.85. The third-order valence-electron chi connectivity index (χ3n) is 7.73. The Labute approximate surface area is 230 Å². The Bertz CT molecular complexity index is 1460. The van der Waals surface area contributed by atoms with E-state index in [0.29, 0.717) is 28.8 Å². The van der Waals surface area contributed by atoms with Crippen molar-refractivity contribution in [3.8, 4) is 0 Å². The molecule has 1 aliphatic heterocycles. The van der Waals surface area contributed by atoms with Gasteiger partial charge in [0, 0.05) is 61.6 Å². The van der Waals surface area contributed by atoms with Crippen LogP contribution in [-0.2, 0) is 19.9 Å². The molecule has 39 heavy (non-hydrogen) atoms. The predicted molar refractivity (Wildman–Crippen MR) is 155 cm³/mol. The summed E-state index contributed by atoms with van der Waals surface area (Å²) in [7, 11) is 1.85. The highest BCUT2D eigenvalue weighted by Gasteiger charge is 2.17. The number of carbonyl (C=O) groups is 3. The number of aryl methyl sites for hydroxylation is 1. The van der Waals surface area contributed by atoms with E-state index in [4.69, 9.17) is 0 Å². The van der Waals surface area contributed by atoms with E-state index >= 15 is 0 Å². The minimum atomic E-state index is -0.0871. The highest BCUT2D eigenvalue weighted by atomic mass is 16.1. The lowest BCUT2D eigenvalue weighted by Crippen LogP contribution is -2.32. The number of Topliss-reactive ketones (excluding diaryl/α,β-unsaturated/α-hetero) is 2. The van der Waals surface area contributed by atoms with Gasteiger partial charge in [-0.1, -0.05) is 55.5 Å². The molecule has 2 heterocycles. The molecule has 0 N–H and O–H groups in total. The number of hydrogen-bond acceptors (Lipinski definition) is 4. The predicted octanol–water partition coefficient (Wildman–Crippen LogP) is 6.34. The van der Waals surface area contributed by atoms with Gasteiger partial charge >= 0.3 is 0 Å². The van der Waals surface area contributed by atoms with Crippen molar-refractivity contribution in [3.05, 3.63) is 125 Å². The Morgan fingerprint density at radius 2 is 1.21 bits per heavy atom. The lowest BCUT2D eigenvalue weighted by Gasteiger charge is -2.32. The summed E-state index contributed by atoms with van der Waals surface area (Å²) in [6.45, 7) is 4.44. The lowest BCUT2D eigenvalue weighted by molar-refractivity contribution is 0.0980. The molecule has 5 nitrogen and oxygen atoms in total. The summed E-state index contributed by atoms with van der Waals surface area (Å²) in [5, 5.41) is 0. The largest absolute Gasteiger partial charge is 0.372 e. The molecule has 1 saturated heterocycles. The van der Waals surface area contributed by atoms with Gasteiger partial charge in [0.25, 0.3) is 0 Å². The molecule has 1 aliphatic rings. The quantitative estimate of drug-likeness (QED) is 0.243. The van der Waals surface area contributed by atoms with Crippen LogP contribution in [0.4, 0.5) is 5.69 Å². The summed E-state index contributed by atoms with van der Waals surface area (Å²) >= 11 is 0. The SMILES string of the molecule is CC1CCN(c2ccc(C(=O)Cc3ccc(C(=O)c4ccc(CC(=O)c5cccn5C)cc4)cc3)cc2)CC1. The second kappa shape index (κ2) is 11.6. The minimum absolute atomic E-state index is 0.0410. The van der Waals surface area contributed by atoms with Gasteiger partial charge in [-0.15, -0.1) is 0 Å². The molecule has 0 radical (unpaired) electrons. The van der Waals surface area contributed by atoms with Crippen molar-refractivity contribution in [2.75, 3.05) is 18.0 Å². The zero-order valence-corrected chi connectivity index (χ0v) is 22.6. The fraction of sp³-hybridized carbons (Fsp3) is 0.265. The number of piperidine rings is 1. The van der Waals surface area contributed by atoms with Gasteiger partial charge in [0.15, 0.2) is 17.3 Å². The van der Waals surface area contributed by atoms with Crippen LogP contribution in [0.25, 0.3) is 0 Å². The molecule has 0 amide bonds. The summed E-state index contributed by atoms with van der Waals surface area (Å²) in [6, 6.07) is 26.0. The normalized spacial score (nSPS) is 13.8. The number of aromatic nitrogens is 1. The maximum Gasteiger partial charge on any atom is 0.193 e. The van der Waals surface area contributed by atoms with E-state index in [-0.39, 0.29) is 23.8 Å². The van der Waals surface area contributed by atoms with Crippen molar-refractivity contribution < 1.29 is 14.4 Å². The van der Waals surface area contributed by atoms with Gasteiger partial charge in [-0.05, 0) is 66.3 Å². The fourth-order valence-corrected chi connectivity index (χ4v) is 5.15. The van der Waals surface area contributed by atoms with Crippen LogP contribution < -0.4 is 4.90 Å². The Morgan fingerprint density at radius 1 is 0.692 bits per heavy atom. The van der Waals surface area contributed by atoms with Gasteiger partial charge in [-0.2, -0.15) is 0 Å². The van der Waals surface area contributed by atoms with E-state index in [1.807, 2.05) is 78.5 Å². The molecule has 0 unspecified atom stereocenters. The summed E-state index contributed by atoms with van der Waals surface area (Å²) in [4.78, 5) is 40.8. The second-order valence-electron chi connectivity index (χ2n) is 10.6. The molecule has 0 bridgehead atoms. The maximum atomic E-state index is 13.0. The first-order valence-electron chi connectivity index (χ1n) is 13.6. The first-order valence-corrected chi connectivity index (χ1v) is 13.6. The Kier molecular flexibility index (Phi) is 7.87. The number of ketones is 3. The molecule has 0 spiro atoms. The van der Waals surface area contributed by atoms with E-state index in [0.717, 1.165) is 30.1 Å². The molecular weight excluding hydrogens is 484 g/mol. The van der Waals surface area contributed by atoms with Gasteiger partial charge in [-0.25, -0.2) is 0 Å². The lowest BCUT2D eigenvalue weighted by atomic mass is 9.97. The first-order chi connectivity index (χ1) is 18.9. The van der Waals surface area contributed by atoms with Gasteiger partial charge in [0.2, 0.25) is 0 Å². The van der Waals surface area contributed by atoms with E-state index in [1.54, 1.807) is 24.3 Å². The van der Waals surface area contributed by atoms with Crippen molar-refractivity contribution in [2.24, 2.45) is 13.0 Å². The van der Waals surface area contributed by atoms with Crippen LogP contribution in [0, 0.1) is 5.92 Å². The van der Waals surface area contributed by atoms with Gasteiger partial charge in [-0.3, -0.25) is 14.4 Å². The van der Waals surface area contributed by atoms with Crippen molar-refractivity contribution in [1.82, 2.24) is 4.57 Å². The molecule has 0 aliphatic carbocycles. The number of anilines is 1. The van der Waals surface area contributed by atoms with Gasteiger partial charge < -0.3 is 9.47 Å². The van der Waals surface area contributed by atoms with Crippen LogP contribution in [0.3, 0.4) is 0 Å². The standard InChI is InChI=1S/C34H34N2O3/c1-24-17-20-36(21-18-24)30-15-13-27(14-16-30)32(37)22-25-5-9-28(10-6-25)34(39)29-11-7-26(8-12-29)23-33(38)31-4-3-19-35(31)2/h3-16,19,24H,17-18,20-23H2,1-2H3. The zero-order chi connectivity index (χ0) is 27.4. The van der Waals surface area contributed by atoms with Crippen LogP contribution in [0.15, 0.2) is 91.1 Å². The van der Waals surface area contributed by atoms with E-state index in [1.165, 1.54) is 18.5 Å². The average molecular weight is 519 g/mol. The molecular formula is C34H34N2O3. The Morgan fingerprint density at radius 3 is 1.72 bits per heavy atom. The Hall–Kier alpha value is -4.25. The molecule has 0 atom stereocenters. The highest BCUT2D eigenvalue weighted by Crippen LogP contribution is 2.24. The highest BCUT2D eigenvalue weighted by molar-refractivity contribution is 6.09. The topological polar surface area (TPSA) is 59.4 Å². The summed E-state index contributed by atoms with van der Waals surface area (Å²) < 4.78 is 1.81. The molecule has 198 valence electrons. The summed E-state index contributed by atoms with van der Waals surface area (Å²) in [5.74, 6) is 0.801. The van der Waals surface area contributed by atoms with Crippen LogP contribution >= 0.6 is 0 Å². The number of rotatable bonds is 9. The van der Waals surface area contributed by atoms with Crippen molar-refractivity contribution in [3.63, 3.8) is 0 Å². The van der Waals surface area contributed by atoms with Crippen molar-refractivity contribution >= 4 is 23.0 Å².